The molecule has 0 spiro atoms. The van der Waals surface area contributed by atoms with Gasteiger partial charge in [-0.2, -0.15) is 9.78 Å². The van der Waals surface area contributed by atoms with Crippen LogP contribution in [0.3, 0.4) is 0 Å². The molecule has 0 bridgehead atoms. The summed E-state index contributed by atoms with van der Waals surface area (Å²) in [6.45, 7) is 1.88. The zero-order valence-electron chi connectivity index (χ0n) is 12.4. The van der Waals surface area contributed by atoms with Gasteiger partial charge in [-0.25, -0.2) is 0 Å². The Balaban J connectivity index is 1.73. The minimum atomic E-state index is 0.746. The molecule has 2 aromatic heterocycles. The van der Waals surface area contributed by atoms with Crippen LogP contribution in [-0.2, 0) is 5.75 Å². The van der Waals surface area contributed by atoms with Crippen LogP contribution in [0.1, 0.15) is 17.1 Å². The Kier molecular flexibility index (Phi) is 5.19. The van der Waals surface area contributed by atoms with E-state index in [4.69, 9.17) is 0 Å². The molecule has 0 saturated carbocycles. The van der Waals surface area contributed by atoms with E-state index in [9.17, 15) is 0 Å². The van der Waals surface area contributed by atoms with Crippen LogP contribution >= 0.6 is 27.7 Å². The van der Waals surface area contributed by atoms with Crippen LogP contribution in [0.4, 0.5) is 0 Å². The van der Waals surface area contributed by atoms with Crippen molar-refractivity contribution in [1.82, 2.24) is 19.9 Å². The van der Waals surface area contributed by atoms with Gasteiger partial charge in [0, 0.05) is 16.4 Å². The maximum absolute atomic E-state index is 4.44. The third kappa shape index (κ3) is 4.27. The molecule has 0 fully saturated rings. The van der Waals surface area contributed by atoms with Crippen molar-refractivity contribution < 1.29 is 0 Å². The normalized spacial score (nSPS) is 11.2. The fourth-order valence-corrected chi connectivity index (χ4v) is 3.01. The maximum atomic E-state index is 4.44. The molecule has 23 heavy (non-hydrogen) atoms. The molecule has 0 unspecified atom stereocenters. The van der Waals surface area contributed by atoms with Crippen molar-refractivity contribution in [2.45, 2.75) is 17.8 Å². The van der Waals surface area contributed by atoms with Crippen molar-refractivity contribution >= 4 is 33.9 Å². The average Bonchev–Trinajstić information content (AvgIpc) is 2.93. The fraction of sp³-hybridized carbons (Fsp3) is 0.125. The highest BCUT2D eigenvalue weighted by Gasteiger charge is 2.08. The number of halogens is 1. The summed E-state index contributed by atoms with van der Waals surface area (Å²) in [6, 6.07) is 13.9. The van der Waals surface area contributed by atoms with Gasteiger partial charge in [0.25, 0.3) is 0 Å². The lowest BCUT2D eigenvalue weighted by Crippen LogP contribution is -1.97. The van der Waals surface area contributed by atoms with Gasteiger partial charge in [-0.05, 0) is 36.8 Å². The van der Waals surface area contributed by atoms with E-state index in [2.05, 4.69) is 48.3 Å². The van der Waals surface area contributed by atoms with Crippen molar-refractivity contribution in [3.63, 3.8) is 0 Å². The Morgan fingerprint density at radius 2 is 2.00 bits per heavy atom. The minimum absolute atomic E-state index is 0.746. The first kappa shape index (κ1) is 15.9. The molecule has 116 valence electrons. The van der Waals surface area contributed by atoms with Crippen LogP contribution in [0.2, 0.25) is 0 Å². The molecule has 3 aromatic rings. The van der Waals surface area contributed by atoms with Gasteiger partial charge >= 0.3 is 0 Å². The minimum Gasteiger partial charge on any atom is -0.255 e. The van der Waals surface area contributed by atoms with Gasteiger partial charge in [0.1, 0.15) is 0 Å². The molecule has 0 N–H and O–H groups in total. The summed E-state index contributed by atoms with van der Waals surface area (Å²) >= 11 is 5.04. The molecule has 5 nitrogen and oxygen atoms in total. The lowest BCUT2D eigenvalue weighted by molar-refractivity contribution is 0.743. The SMILES string of the molecule is Cc1nnc(SCc2ccc(Br)cc2)n1/N=C/c1ccccn1. The highest BCUT2D eigenvalue weighted by molar-refractivity contribution is 9.10. The Morgan fingerprint density at radius 3 is 2.74 bits per heavy atom. The van der Waals surface area contributed by atoms with E-state index < -0.39 is 0 Å². The van der Waals surface area contributed by atoms with Gasteiger partial charge in [0.2, 0.25) is 5.16 Å². The Morgan fingerprint density at radius 1 is 1.17 bits per heavy atom. The topological polar surface area (TPSA) is 56.0 Å². The lowest BCUT2D eigenvalue weighted by atomic mass is 10.2. The molecular weight excluding hydrogens is 374 g/mol. The molecular formula is C16H14BrN5S. The van der Waals surface area contributed by atoms with Crippen molar-refractivity contribution in [2.24, 2.45) is 5.10 Å². The van der Waals surface area contributed by atoms with Crippen LogP contribution in [0.15, 0.2) is 63.4 Å². The molecule has 3 rings (SSSR count). The second-order valence-corrected chi connectivity index (χ2v) is 6.61. The van der Waals surface area contributed by atoms with E-state index in [-0.39, 0.29) is 0 Å². The van der Waals surface area contributed by atoms with E-state index >= 15 is 0 Å². The van der Waals surface area contributed by atoms with Crippen molar-refractivity contribution in [1.29, 1.82) is 0 Å². The lowest BCUT2D eigenvalue weighted by Gasteiger charge is -2.03. The smallest absolute Gasteiger partial charge is 0.212 e. The number of aryl methyl sites for hydroxylation is 1. The number of hydrogen-bond acceptors (Lipinski definition) is 5. The molecule has 2 heterocycles. The molecule has 0 radical (unpaired) electrons. The van der Waals surface area contributed by atoms with E-state index in [0.717, 1.165) is 26.9 Å². The zero-order chi connectivity index (χ0) is 16.1. The van der Waals surface area contributed by atoms with Gasteiger partial charge < -0.3 is 0 Å². The van der Waals surface area contributed by atoms with Crippen LogP contribution < -0.4 is 0 Å². The van der Waals surface area contributed by atoms with Crippen LogP contribution in [0.25, 0.3) is 0 Å². The van der Waals surface area contributed by atoms with E-state index in [1.807, 2.05) is 37.3 Å². The van der Waals surface area contributed by atoms with Crippen molar-refractivity contribution in [3.8, 4) is 0 Å². The summed E-state index contributed by atoms with van der Waals surface area (Å²) in [6.07, 6.45) is 3.45. The summed E-state index contributed by atoms with van der Waals surface area (Å²) in [5, 5.41) is 13.5. The summed E-state index contributed by atoms with van der Waals surface area (Å²) in [7, 11) is 0. The van der Waals surface area contributed by atoms with Gasteiger partial charge in [-0.15, -0.1) is 10.2 Å². The van der Waals surface area contributed by atoms with E-state index in [1.165, 1.54) is 5.56 Å². The first-order valence-corrected chi connectivity index (χ1v) is 8.75. The third-order valence-electron chi connectivity index (χ3n) is 3.04. The number of aromatic nitrogens is 4. The molecule has 1 aromatic carbocycles. The first-order valence-electron chi connectivity index (χ1n) is 6.97. The number of hydrogen-bond donors (Lipinski definition) is 0. The van der Waals surface area contributed by atoms with Gasteiger partial charge in [0.05, 0.1) is 11.9 Å². The van der Waals surface area contributed by atoms with Crippen LogP contribution in [0, 0.1) is 6.92 Å². The summed E-state index contributed by atoms with van der Waals surface area (Å²) in [5.41, 5.74) is 2.02. The standard InChI is InChI=1S/C16H14BrN5S/c1-12-20-21-16(23-11-13-5-7-14(17)8-6-13)22(12)19-10-15-4-2-3-9-18-15/h2-10H,11H2,1H3/b19-10+. The predicted octanol–water partition coefficient (Wildman–Crippen LogP) is 3.92. The molecule has 0 aliphatic carbocycles. The zero-order valence-corrected chi connectivity index (χ0v) is 14.8. The monoisotopic (exact) mass is 387 g/mol. The van der Waals surface area contributed by atoms with Crippen molar-refractivity contribution in [3.05, 3.63) is 70.2 Å². The Bertz CT molecular complexity index is 799. The average molecular weight is 388 g/mol. The predicted molar refractivity (Wildman–Crippen MR) is 95.7 cm³/mol. The number of benzene rings is 1. The second kappa shape index (κ2) is 7.52. The first-order chi connectivity index (χ1) is 11.2. The van der Waals surface area contributed by atoms with Crippen LogP contribution in [-0.4, -0.2) is 26.1 Å². The maximum Gasteiger partial charge on any atom is 0.212 e. The second-order valence-electron chi connectivity index (χ2n) is 4.76. The van der Waals surface area contributed by atoms with E-state index in [0.29, 0.717) is 0 Å². The molecule has 0 atom stereocenters. The van der Waals surface area contributed by atoms with Gasteiger partial charge in [-0.1, -0.05) is 45.9 Å². The summed E-state index contributed by atoms with van der Waals surface area (Å²) < 4.78 is 2.81. The van der Waals surface area contributed by atoms with Gasteiger partial charge in [0.15, 0.2) is 5.82 Å². The third-order valence-corrected chi connectivity index (χ3v) is 4.56. The Hall–Kier alpha value is -1.99. The Labute approximate surface area is 147 Å². The molecule has 0 saturated heterocycles. The molecule has 7 heteroatoms. The highest BCUT2D eigenvalue weighted by Crippen LogP contribution is 2.22. The van der Waals surface area contributed by atoms with Crippen molar-refractivity contribution in [2.75, 3.05) is 0 Å². The molecule has 0 amide bonds. The number of nitrogens with zero attached hydrogens (tertiary/aromatic N) is 5. The summed E-state index contributed by atoms with van der Waals surface area (Å²) in [5.74, 6) is 1.56. The summed E-state index contributed by atoms with van der Waals surface area (Å²) in [4.78, 5) is 4.22. The highest BCUT2D eigenvalue weighted by atomic mass is 79.9. The largest absolute Gasteiger partial charge is 0.255 e. The van der Waals surface area contributed by atoms with E-state index in [1.54, 1.807) is 28.8 Å². The number of rotatable bonds is 5. The quantitative estimate of drug-likeness (QED) is 0.491. The molecule has 0 aliphatic heterocycles. The number of pyridine rings is 1. The van der Waals surface area contributed by atoms with Gasteiger partial charge in [-0.3, -0.25) is 4.98 Å². The fourth-order valence-electron chi connectivity index (χ4n) is 1.86. The number of thioether (sulfide) groups is 1. The van der Waals surface area contributed by atoms with Crippen LogP contribution in [0.5, 0.6) is 0 Å². The molecule has 0 aliphatic rings.